The molecule has 0 aromatic heterocycles. The van der Waals surface area contributed by atoms with E-state index >= 15 is 0 Å². The third-order valence-corrected chi connectivity index (χ3v) is 4.55. The zero-order valence-electron chi connectivity index (χ0n) is 12.7. The molecule has 114 valence electrons. The Bertz CT molecular complexity index is 534. The van der Waals surface area contributed by atoms with Gasteiger partial charge in [0.25, 0.3) is 5.91 Å². The number of benzene rings is 1. The van der Waals surface area contributed by atoms with Crippen molar-refractivity contribution < 1.29 is 9.53 Å². The van der Waals surface area contributed by atoms with Gasteiger partial charge in [-0.25, -0.2) is 0 Å². The monoisotopic (exact) mass is 289 g/mol. The van der Waals surface area contributed by atoms with Gasteiger partial charge in [-0.15, -0.1) is 0 Å². The van der Waals surface area contributed by atoms with Crippen LogP contribution in [0.2, 0.25) is 0 Å². The normalized spacial score (nSPS) is 20.5. The van der Waals surface area contributed by atoms with E-state index in [-0.39, 0.29) is 5.91 Å². The molecular formula is C16H23N3O2. The summed E-state index contributed by atoms with van der Waals surface area (Å²) in [5, 5.41) is 6.37. The van der Waals surface area contributed by atoms with Crippen molar-refractivity contribution in [3.8, 4) is 5.75 Å². The first kappa shape index (κ1) is 14.2. The van der Waals surface area contributed by atoms with Crippen LogP contribution in [0.1, 0.15) is 26.7 Å². The van der Waals surface area contributed by atoms with Crippen LogP contribution in [0.15, 0.2) is 18.2 Å². The summed E-state index contributed by atoms with van der Waals surface area (Å²) in [6.45, 7) is 7.94. The van der Waals surface area contributed by atoms with E-state index in [4.69, 9.17) is 4.74 Å². The molecule has 5 heteroatoms. The molecule has 2 heterocycles. The highest BCUT2D eigenvalue weighted by molar-refractivity contribution is 6.01. The number of hydrogen-bond acceptors (Lipinski definition) is 4. The first-order chi connectivity index (χ1) is 10.2. The van der Waals surface area contributed by atoms with Crippen LogP contribution in [-0.2, 0) is 4.79 Å². The maximum Gasteiger partial charge on any atom is 0.268 e. The molecule has 2 N–H and O–H groups in total. The molecule has 1 fully saturated rings. The molecule has 2 aliphatic rings. The highest BCUT2D eigenvalue weighted by Gasteiger charge is 2.41. The van der Waals surface area contributed by atoms with Crippen molar-refractivity contribution in [3.05, 3.63) is 18.2 Å². The second-order valence-corrected chi connectivity index (χ2v) is 5.68. The van der Waals surface area contributed by atoms with Gasteiger partial charge in [0.2, 0.25) is 0 Å². The molecule has 1 aromatic rings. The average Bonchev–Trinajstić information content (AvgIpc) is 2.54. The molecule has 0 spiro atoms. The largest absolute Gasteiger partial charge is 0.475 e. The molecule has 0 saturated carbocycles. The van der Waals surface area contributed by atoms with Gasteiger partial charge in [0, 0.05) is 31.9 Å². The standard InChI is InChI=1S/C16H23N3O2/c1-3-16(4-2)15(20)18-13-11-12(5-6-14(13)21-16)19-9-7-17-8-10-19/h5-6,11,17H,3-4,7-10H2,1-2H3,(H,18,20). The summed E-state index contributed by atoms with van der Waals surface area (Å²) in [5.74, 6) is 0.745. The Morgan fingerprint density at radius 2 is 1.95 bits per heavy atom. The summed E-state index contributed by atoms with van der Waals surface area (Å²) in [6.07, 6.45) is 1.35. The van der Waals surface area contributed by atoms with Crippen LogP contribution in [0.25, 0.3) is 0 Å². The molecule has 0 bridgehead atoms. The summed E-state index contributed by atoms with van der Waals surface area (Å²) in [4.78, 5) is 14.7. The molecule has 0 unspecified atom stereocenters. The van der Waals surface area contributed by atoms with E-state index in [2.05, 4.69) is 21.6 Å². The lowest BCUT2D eigenvalue weighted by molar-refractivity contribution is -0.133. The maximum atomic E-state index is 12.4. The third-order valence-electron chi connectivity index (χ3n) is 4.55. The third kappa shape index (κ3) is 2.46. The van der Waals surface area contributed by atoms with Gasteiger partial charge < -0.3 is 20.3 Å². The van der Waals surface area contributed by atoms with Crippen LogP contribution in [0.3, 0.4) is 0 Å². The number of fused-ring (bicyclic) bond motifs is 1. The minimum Gasteiger partial charge on any atom is -0.475 e. The Hall–Kier alpha value is -1.75. The van der Waals surface area contributed by atoms with Gasteiger partial charge in [-0.1, -0.05) is 13.8 Å². The molecule has 0 aliphatic carbocycles. The van der Waals surface area contributed by atoms with Gasteiger partial charge in [-0.2, -0.15) is 0 Å². The Labute approximate surface area is 125 Å². The number of rotatable bonds is 3. The number of carbonyl (C=O) groups is 1. The maximum absolute atomic E-state index is 12.4. The lowest BCUT2D eigenvalue weighted by Crippen LogP contribution is -2.50. The second kappa shape index (κ2) is 5.56. The Morgan fingerprint density at radius 3 is 2.62 bits per heavy atom. The number of carbonyl (C=O) groups excluding carboxylic acids is 1. The van der Waals surface area contributed by atoms with Crippen LogP contribution in [0.4, 0.5) is 11.4 Å². The summed E-state index contributed by atoms with van der Waals surface area (Å²) < 4.78 is 6.03. The van der Waals surface area contributed by atoms with Crippen LogP contribution in [0, 0.1) is 0 Å². The number of nitrogens with one attached hydrogen (secondary N) is 2. The summed E-state index contributed by atoms with van der Waals surface area (Å²) in [6, 6.07) is 6.08. The Kier molecular flexibility index (Phi) is 3.76. The fourth-order valence-electron chi connectivity index (χ4n) is 3.03. The zero-order valence-corrected chi connectivity index (χ0v) is 12.7. The summed E-state index contributed by atoms with van der Waals surface area (Å²) >= 11 is 0. The first-order valence-electron chi connectivity index (χ1n) is 7.78. The molecule has 1 aromatic carbocycles. The van der Waals surface area contributed by atoms with Crippen LogP contribution in [0.5, 0.6) is 5.75 Å². The lowest BCUT2D eigenvalue weighted by atomic mass is 9.94. The molecule has 21 heavy (non-hydrogen) atoms. The molecule has 0 atom stereocenters. The van der Waals surface area contributed by atoms with Gasteiger partial charge in [-0.3, -0.25) is 4.79 Å². The molecule has 3 rings (SSSR count). The summed E-state index contributed by atoms with van der Waals surface area (Å²) in [7, 11) is 0. The SMILES string of the molecule is CCC1(CC)Oc2ccc(N3CCNCC3)cc2NC1=O. The fourth-order valence-corrected chi connectivity index (χ4v) is 3.03. The zero-order chi connectivity index (χ0) is 14.9. The smallest absolute Gasteiger partial charge is 0.268 e. The van der Waals surface area contributed by atoms with E-state index in [1.165, 1.54) is 0 Å². The van der Waals surface area contributed by atoms with Crippen LogP contribution < -0.4 is 20.3 Å². The topological polar surface area (TPSA) is 53.6 Å². The van der Waals surface area contributed by atoms with Crippen molar-refractivity contribution in [2.24, 2.45) is 0 Å². The van der Waals surface area contributed by atoms with Crippen LogP contribution >= 0.6 is 0 Å². The van der Waals surface area contributed by atoms with E-state index in [9.17, 15) is 4.79 Å². The van der Waals surface area contributed by atoms with Crippen LogP contribution in [-0.4, -0.2) is 37.7 Å². The van der Waals surface area contributed by atoms with Gasteiger partial charge in [0.15, 0.2) is 5.60 Å². The summed E-state index contributed by atoms with van der Waals surface area (Å²) in [5.41, 5.74) is 1.21. The van der Waals surface area contributed by atoms with Crippen molar-refractivity contribution in [1.82, 2.24) is 5.32 Å². The van der Waals surface area contributed by atoms with Gasteiger partial charge in [-0.05, 0) is 31.0 Å². The molecule has 1 saturated heterocycles. The second-order valence-electron chi connectivity index (χ2n) is 5.68. The van der Waals surface area contributed by atoms with Crippen molar-refractivity contribution in [1.29, 1.82) is 0 Å². The molecule has 2 aliphatic heterocycles. The number of piperazine rings is 1. The number of hydrogen-bond donors (Lipinski definition) is 2. The quantitative estimate of drug-likeness (QED) is 0.893. The molecule has 1 amide bonds. The molecule has 0 radical (unpaired) electrons. The predicted molar refractivity (Wildman–Crippen MR) is 84.1 cm³/mol. The van der Waals surface area contributed by atoms with E-state index < -0.39 is 5.60 Å². The molecule has 5 nitrogen and oxygen atoms in total. The van der Waals surface area contributed by atoms with Crippen molar-refractivity contribution in [3.63, 3.8) is 0 Å². The fraction of sp³-hybridized carbons (Fsp3) is 0.562. The predicted octanol–water partition coefficient (Wildman–Crippen LogP) is 1.99. The Balaban J connectivity index is 1.87. The number of amides is 1. The minimum absolute atomic E-state index is 0.0301. The highest BCUT2D eigenvalue weighted by atomic mass is 16.5. The average molecular weight is 289 g/mol. The van der Waals surface area contributed by atoms with E-state index in [1.54, 1.807) is 0 Å². The number of anilines is 2. The van der Waals surface area contributed by atoms with E-state index in [1.807, 2.05) is 26.0 Å². The van der Waals surface area contributed by atoms with Crippen molar-refractivity contribution >= 4 is 17.3 Å². The van der Waals surface area contributed by atoms with E-state index in [0.29, 0.717) is 12.8 Å². The van der Waals surface area contributed by atoms with Crippen molar-refractivity contribution in [2.75, 3.05) is 36.4 Å². The number of ether oxygens (including phenoxy) is 1. The first-order valence-corrected chi connectivity index (χ1v) is 7.78. The highest BCUT2D eigenvalue weighted by Crippen LogP contribution is 2.38. The van der Waals surface area contributed by atoms with Crippen molar-refractivity contribution in [2.45, 2.75) is 32.3 Å². The minimum atomic E-state index is -0.719. The molecular weight excluding hydrogens is 266 g/mol. The number of nitrogens with zero attached hydrogens (tertiary/aromatic N) is 1. The van der Waals surface area contributed by atoms with Gasteiger partial charge in [0.05, 0.1) is 5.69 Å². The van der Waals surface area contributed by atoms with Gasteiger partial charge in [0.1, 0.15) is 5.75 Å². The van der Waals surface area contributed by atoms with Gasteiger partial charge >= 0.3 is 0 Å². The lowest BCUT2D eigenvalue weighted by Gasteiger charge is -2.37. The Morgan fingerprint density at radius 1 is 1.24 bits per heavy atom. The van der Waals surface area contributed by atoms with E-state index in [0.717, 1.165) is 43.3 Å².